The second kappa shape index (κ2) is 14.9. The second-order valence-electron chi connectivity index (χ2n) is 8.41. The van der Waals surface area contributed by atoms with Crippen LogP contribution in [0.3, 0.4) is 0 Å². The Kier molecular flexibility index (Phi) is 12.2. The van der Waals surface area contributed by atoms with Crippen molar-refractivity contribution >= 4 is 0 Å². The summed E-state index contributed by atoms with van der Waals surface area (Å²) in [5.41, 5.74) is 1.08. The van der Waals surface area contributed by atoms with Crippen LogP contribution in [0.15, 0.2) is 30.5 Å². The van der Waals surface area contributed by atoms with E-state index in [9.17, 15) is 8.78 Å². The molecule has 1 aromatic heterocycles. The van der Waals surface area contributed by atoms with E-state index < -0.39 is 11.6 Å². The van der Waals surface area contributed by atoms with Gasteiger partial charge in [0.1, 0.15) is 5.75 Å². The zero-order valence-electron chi connectivity index (χ0n) is 19.4. The first-order valence-corrected chi connectivity index (χ1v) is 12.2. The normalized spacial score (nSPS) is 11.1. The van der Waals surface area contributed by atoms with Gasteiger partial charge in [0.15, 0.2) is 11.6 Å². The van der Waals surface area contributed by atoms with Gasteiger partial charge in [-0.2, -0.15) is 0 Å². The van der Waals surface area contributed by atoms with E-state index in [1.54, 1.807) is 30.5 Å². The number of aryl methyl sites for hydroxylation is 1. The van der Waals surface area contributed by atoms with E-state index in [-0.39, 0.29) is 5.56 Å². The molecule has 0 atom stereocenters. The Morgan fingerprint density at radius 2 is 1.35 bits per heavy atom. The molecular formula is C27H39F2NO. The van der Waals surface area contributed by atoms with Gasteiger partial charge in [-0.25, -0.2) is 8.78 Å². The Hall–Kier alpha value is -1.97. The van der Waals surface area contributed by atoms with Gasteiger partial charge < -0.3 is 4.74 Å². The van der Waals surface area contributed by atoms with Crippen molar-refractivity contribution in [2.75, 3.05) is 6.61 Å². The Morgan fingerprint density at radius 3 is 2.00 bits per heavy atom. The molecule has 2 rings (SSSR count). The Labute approximate surface area is 187 Å². The number of hydrogen-bond donors (Lipinski definition) is 0. The molecule has 31 heavy (non-hydrogen) atoms. The number of halogens is 2. The van der Waals surface area contributed by atoms with Crippen molar-refractivity contribution in [2.45, 2.75) is 97.3 Å². The summed E-state index contributed by atoms with van der Waals surface area (Å²) in [6.45, 7) is 5.05. The fourth-order valence-electron chi connectivity index (χ4n) is 3.77. The van der Waals surface area contributed by atoms with Crippen molar-refractivity contribution < 1.29 is 13.5 Å². The molecule has 0 aliphatic carbocycles. The fourth-order valence-corrected chi connectivity index (χ4v) is 3.77. The van der Waals surface area contributed by atoms with Gasteiger partial charge in [-0.1, -0.05) is 84.1 Å². The summed E-state index contributed by atoms with van der Waals surface area (Å²) in [5.74, 6) is -0.883. The molecule has 0 aliphatic rings. The number of nitrogens with zero attached hydrogens (tertiary/aromatic N) is 1. The van der Waals surface area contributed by atoms with E-state index in [1.165, 1.54) is 51.4 Å². The van der Waals surface area contributed by atoms with Crippen LogP contribution in [0.2, 0.25) is 0 Å². The minimum atomic E-state index is -0.808. The smallest absolute Gasteiger partial charge is 0.168 e. The predicted molar refractivity (Wildman–Crippen MR) is 126 cm³/mol. The van der Waals surface area contributed by atoms with Gasteiger partial charge in [-0.15, -0.1) is 0 Å². The number of rotatable bonds is 16. The summed E-state index contributed by atoms with van der Waals surface area (Å²) in [7, 11) is 0. The maximum Gasteiger partial charge on any atom is 0.168 e. The van der Waals surface area contributed by atoms with Gasteiger partial charge in [0.25, 0.3) is 0 Å². The van der Waals surface area contributed by atoms with Crippen LogP contribution in [-0.4, -0.2) is 11.6 Å². The fraction of sp³-hybridized carbons (Fsp3) is 0.593. The van der Waals surface area contributed by atoms with Gasteiger partial charge in [0, 0.05) is 5.56 Å². The summed E-state index contributed by atoms with van der Waals surface area (Å²) < 4.78 is 34.9. The highest BCUT2D eigenvalue weighted by molar-refractivity contribution is 5.61. The van der Waals surface area contributed by atoms with Gasteiger partial charge in [0.05, 0.1) is 18.5 Å². The SMILES string of the molecule is CCCCCCCCCc1ccc(-c2ccc(OCCCCCCC)cn2)c(F)c1F. The lowest BCUT2D eigenvalue weighted by Crippen LogP contribution is -2.00. The number of unbranched alkanes of at least 4 members (excludes halogenated alkanes) is 10. The molecule has 172 valence electrons. The largest absolute Gasteiger partial charge is 0.492 e. The molecular weight excluding hydrogens is 392 g/mol. The summed E-state index contributed by atoms with van der Waals surface area (Å²) in [6, 6.07) is 6.82. The molecule has 1 heterocycles. The lowest BCUT2D eigenvalue weighted by atomic mass is 10.0. The minimum Gasteiger partial charge on any atom is -0.492 e. The maximum absolute atomic E-state index is 14.7. The highest BCUT2D eigenvalue weighted by Gasteiger charge is 2.15. The van der Waals surface area contributed by atoms with E-state index >= 15 is 0 Å². The van der Waals surface area contributed by atoms with Crippen LogP contribution in [0.4, 0.5) is 8.78 Å². The lowest BCUT2D eigenvalue weighted by molar-refractivity contribution is 0.303. The molecule has 0 saturated heterocycles. The van der Waals surface area contributed by atoms with Crippen molar-refractivity contribution in [3.8, 4) is 17.0 Å². The van der Waals surface area contributed by atoms with Crippen molar-refractivity contribution in [3.05, 3.63) is 47.7 Å². The van der Waals surface area contributed by atoms with E-state index in [4.69, 9.17) is 4.74 Å². The molecule has 0 N–H and O–H groups in total. The molecule has 0 amide bonds. The minimum absolute atomic E-state index is 0.201. The van der Waals surface area contributed by atoms with Crippen LogP contribution in [0.5, 0.6) is 5.75 Å². The van der Waals surface area contributed by atoms with Crippen molar-refractivity contribution in [2.24, 2.45) is 0 Å². The third-order valence-corrected chi connectivity index (χ3v) is 5.74. The van der Waals surface area contributed by atoms with Gasteiger partial charge in [0.2, 0.25) is 0 Å². The number of pyridine rings is 1. The highest BCUT2D eigenvalue weighted by Crippen LogP contribution is 2.27. The zero-order chi connectivity index (χ0) is 22.3. The molecule has 4 heteroatoms. The average Bonchev–Trinajstić information content (AvgIpc) is 2.79. The Balaban J connectivity index is 1.83. The van der Waals surface area contributed by atoms with E-state index in [0.29, 0.717) is 30.0 Å². The van der Waals surface area contributed by atoms with Crippen LogP contribution in [-0.2, 0) is 6.42 Å². The first kappa shape index (κ1) is 25.3. The number of hydrogen-bond acceptors (Lipinski definition) is 2. The summed E-state index contributed by atoms with van der Waals surface area (Å²) in [6.07, 6.45) is 16.2. The summed E-state index contributed by atoms with van der Waals surface area (Å²) in [5, 5.41) is 0. The average molecular weight is 432 g/mol. The van der Waals surface area contributed by atoms with Gasteiger partial charge >= 0.3 is 0 Å². The highest BCUT2D eigenvalue weighted by atomic mass is 19.2. The van der Waals surface area contributed by atoms with Crippen LogP contribution in [0, 0.1) is 11.6 Å². The first-order chi connectivity index (χ1) is 15.2. The quantitative estimate of drug-likeness (QED) is 0.248. The van der Waals surface area contributed by atoms with Gasteiger partial charge in [-0.3, -0.25) is 4.98 Å². The third kappa shape index (κ3) is 8.96. The molecule has 0 spiro atoms. The monoisotopic (exact) mass is 431 g/mol. The topological polar surface area (TPSA) is 22.1 Å². The second-order valence-corrected chi connectivity index (χ2v) is 8.41. The van der Waals surface area contributed by atoms with Crippen LogP contribution >= 0.6 is 0 Å². The van der Waals surface area contributed by atoms with Crippen LogP contribution < -0.4 is 4.74 Å². The van der Waals surface area contributed by atoms with E-state index in [1.807, 2.05) is 0 Å². The molecule has 2 nitrogen and oxygen atoms in total. The standard InChI is InChI=1S/C27H39F2NO/c1-3-5-7-9-10-11-13-15-22-16-18-24(27(29)26(22)28)25-19-17-23(21-30-25)31-20-14-12-8-6-4-2/h16-19,21H,3-15,20H2,1-2H3. The lowest BCUT2D eigenvalue weighted by Gasteiger charge is -2.10. The molecule has 0 bridgehead atoms. The predicted octanol–water partition coefficient (Wildman–Crippen LogP) is 8.67. The van der Waals surface area contributed by atoms with E-state index in [0.717, 1.165) is 25.7 Å². The molecule has 0 saturated carbocycles. The molecule has 0 fully saturated rings. The number of benzene rings is 1. The van der Waals surface area contributed by atoms with Crippen molar-refractivity contribution in [1.29, 1.82) is 0 Å². The maximum atomic E-state index is 14.7. The molecule has 0 radical (unpaired) electrons. The molecule has 0 unspecified atom stereocenters. The Bertz CT molecular complexity index is 746. The summed E-state index contributed by atoms with van der Waals surface area (Å²) in [4.78, 5) is 4.29. The van der Waals surface area contributed by atoms with E-state index in [2.05, 4.69) is 18.8 Å². The molecule has 1 aromatic carbocycles. The number of ether oxygens (including phenoxy) is 1. The van der Waals surface area contributed by atoms with Crippen LogP contribution in [0.25, 0.3) is 11.3 Å². The Morgan fingerprint density at radius 1 is 0.710 bits per heavy atom. The third-order valence-electron chi connectivity index (χ3n) is 5.74. The van der Waals surface area contributed by atoms with Gasteiger partial charge in [-0.05, 0) is 43.0 Å². The zero-order valence-corrected chi connectivity index (χ0v) is 19.4. The molecule has 2 aromatic rings. The number of aromatic nitrogens is 1. The molecule has 0 aliphatic heterocycles. The van der Waals surface area contributed by atoms with Crippen LogP contribution in [0.1, 0.15) is 96.5 Å². The van der Waals surface area contributed by atoms with Crippen molar-refractivity contribution in [1.82, 2.24) is 4.98 Å². The summed E-state index contributed by atoms with van der Waals surface area (Å²) >= 11 is 0. The van der Waals surface area contributed by atoms with Crippen molar-refractivity contribution in [3.63, 3.8) is 0 Å². The first-order valence-electron chi connectivity index (χ1n) is 12.2.